The summed E-state index contributed by atoms with van der Waals surface area (Å²) in [6.07, 6.45) is 5.09. The largest absolute Gasteiger partial charge is 0.508 e. The molecule has 0 aliphatic carbocycles. The van der Waals surface area contributed by atoms with Crippen molar-refractivity contribution in [2.24, 2.45) is 11.7 Å². The third-order valence-electron chi connectivity index (χ3n) is 18.0. The number of unbranched alkanes of at least 4 members (excludes halogenated alkanes) is 1. The van der Waals surface area contributed by atoms with Crippen molar-refractivity contribution >= 4 is 104 Å². The molecular weight excluding hydrogens is 1340 g/mol. The molecule has 2 aliphatic rings. The van der Waals surface area contributed by atoms with E-state index >= 15 is 23.6 Å². The van der Waals surface area contributed by atoms with Crippen LogP contribution in [-0.4, -0.2) is 173 Å². The van der Waals surface area contributed by atoms with Gasteiger partial charge in [0.1, 0.15) is 65.2 Å². The number of phenolic OH excluding ortho intramolecular Hbond substituents is 1. The third kappa shape index (κ3) is 20.7. The van der Waals surface area contributed by atoms with Crippen LogP contribution in [0.4, 0.5) is 8.78 Å². The summed E-state index contributed by atoms with van der Waals surface area (Å²) in [5.41, 5.74) is 8.77. The number of aliphatic carboxylic acids is 1. The van der Waals surface area contributed by atoms with Crippen LogP contribution in [0.15, 0.2) is 110 Å². The van der Waals surface area contributed by atoms with Gasteiger partial charge < -0.3 is 78.3 Å². The number of aromatic hydroxyl groups is 1. The summed E-state index contributed by atoms with van der Waals surface area (Å²) >= 11 is 3.11. The van der Waals surface area contributed by atoms with E-state index < -0.39 is 137 Å². The van der Waals surface area contributed by atoms with Crippen molar-refractivity contribution < 1.29 is 66.9 Å². The van der Waals surface area contributed by atoms with Crippen LogP contribution in [-0.2, 0) is 85.1 Å². The van der Waals surface area contributed by atoms with E-state index in [1.807, 2.05) is 18.2 Å². The number of aromatic nitrogens is 4. The zero-order valence-corrected chi connectivity index (χ0v) is 57.9. The molecule has 101 heavy (non-hydrogen) atoms. The maximum absolute atomic E-state index is 15.3. The molecule has 1 saturated heterocycles. The van der Waals surface area contributed by atoms with Crippen LogP contribution in [0, 0.1) is 17.6 Å². The van der Waals surface area contributed by atoms with Gasteiger partial charge in [0.05, 0.1) is 12.7 Å². The van der Waals surface area contributed by atoms with Crippen molar-refractivity contribution in [1.82, 2.24) is 67.4 Å². The zero-order chi connectivity index (χ0) is 72.3. The van der Waals surface area contributed by atoms with E-state index in [0.717, 1.165) is 11.1 Å². The van der Waals surface area contributed by atoms with Gasteiger partial charge in [-0.15, -0.1) is 0 Å². The summed E-state index contributed by atoms with van der Waals surface area (Å²) in [5, 5.41) is 43.1. The van der Waals surface area contributed by atoms with Crippen LogP contribution in [0.2, 0.25) is 0 Å². The summed E-state index contributed by atoms with van der Waals surface area (Å²) in [4.78, 5) is 160. The van der Waals surface area contributed by atoms with Gasteiger partial charge >= 0.3 is 5.97 Å². The Labute approximate surface area is 590 Å². The number of imidazole rings is 1. The van der Waals surface area contributed by atoms with Crippen LogP contribution >= 0.6 is 23.5 Å². The molecule has 7 aromatic rings. The molecule has 4 aromatic carbocycles. The Hall–Kier alpha value is -9.81. The first kappa shape index (κ1) is 75.4. The van der Waals surface area contributed by atoms with E-state index in [2.05, 4.69) is 68.5 Å². The predicted octanol–water partition coefficient (Wildman–Crippen LogP) is 4.35. The highest BCUT2D eigenvalue weighted by Crippen LogP contribution is 2.31. The lowest BCUT2D eigenvalue weighted by molar-refractivity contribution is -0.146. The van der Waals surface area contributed by atoms with E-state index in [1.165, 1.54) is 90.1 Å². The molecule has 0 unspecified atom stereocenters. The number of carboxylic acids is 1. The fourth-order valence-corrected chi connectivity index (χ4v) is 14.2. The van der Waals surface area contributed by atoms with E-state index in [-0.39, 0.29) is 68.3 Å². The lowest BCUT2D eigenvalue weighted by atomic mass is 9.95. The minimum Gasteiger partial charge on any atom is -0.508 e. The highest BCUT2D eigenvalue weighted by molar-refractivity contribution is 7.98. The number of amides is 9. The van der Waals surface area contributed by atoms with Crippen LogP contribution in [0.5, 0.6) is 5.75 Å². The Balaban J connectivity index is 1.07. The second kappa shape index (κ2) is 35.5. The van der Waals surface area contributed by atoms with Crippen LogP contribution in [0.3, 0.4) is 0 Å². The smallest absolute Gasteiger partial charge is 0.305 e. The molecule has 26 nitrogen and oxygen atoms in total. The van der Waals surface area contributed by atoms with Gasteiger partial charge in [-0.3, -0.25) is 47.9 Å². The number of carbonyl (C=O) groups excluding carboxylic acids is 9. The molecule has 538 valence electrons. The first-order valence-corrected chi connectivity index (χ1v) is 35.9. The number of halogens is 2. The number of fused-ring (bicyclic) bond motifs is 5. The topological polar surface area (TPSA) is 397 Å². The van der Waals surface area contributed by atoms with Crippen molar-refractivity contribution in [2.75, 3.05) is 31.1 Å². The Morgan fingerprint density at radius 3 is 1.80 bits per heavy atom. The number of hydrogen-bond acceptors (Lipinski definition) is 15. The van der Waals surface area contributed by atoms with Crippen molar-refractivity contribution in [3.05, 3.63) is 155 Å². The number of benzene rings is 4. The molecule has 1 fully saturated rings. The maximum atomic E-state index is 15.3. The summed E-state index contributed by atoms with van der Waals surface area (Å²) in [7, 11) is 0. The zero-order valence-electron chi connectivity index (χ0n) is 56.3. The number of carbonyl (C=O) groups is 10. The first-order valence-electron chi connectivity index (χ1n) is 33.6. The van der Waals surface area contributed by atoms with Gasteiger partial charge in [-0.05, 0) is 128 Å². The van der Waals surface area contributed by atoms with Gasteiger partial charge in [-0.2, -0.15) is 23.5 Å². The van der Waals surface area contributed by atoms with E-state index in [0.29, 0.717) is 82.1 Å². The molecule has 3 aromatic heterocycles. The Morgan fingerprint density at radius 1 is 0.653 bits per heavy atom. The fraction of sp³-hybridized carbons (Fsp3) is 0.423. The molecular formula is C71H86F2N14O12S2. The van der Waals surface area contributed by atoms with E-state index in [9.17, 15) is 43.4 Å². The van der Waals surface area contributed by atoms with Crippen molar-refractivity contribution in [2.45, 2.75) is 151 Å². The lowest BCUT2D eigenvalue weighted by Gasteiger charge is -2.36. The first-order chi connectivity index (χ1) is 48.4. The number of aromatic amines is 3. The number of H-pyrrole nitrogens is 3. The standard InChI is InChI=1S/C71H86F2N14O12S2/c1-40(2)62-68(97)84-56(29-45-35-78-53-18-14-47(73)31-51(45)53)65(94)81-55(28-44-34-77-52-17-13-46(72)30-50(44)52)64(93)83-58(33-61(90)91)67(96)82-57(32-48-36-75-39-79-48)66(95)85-59(27-41-11-15-49(88)16-12-41)69(98)87-23-7-20-71(87,3)70(99)76-22-25-101-38-43-9-6-8-42(26-43)37-100-24-19-60(89)80-54(63(92)86-62)10-4-5-21-74/h6,8-9,11-18,26,30-31,34-36,39-40,54-59,62,77-78,88H,4-5,7,10,19-25,27-29,32-33,37-38,74H2,1-3H3,(H,75,79)(H,76,99)(H,80,89)(H,81,94)(H,82,96)(H,83,93)(H,84,97)(H,85,95)(H,86,92)(H,90,91)/t54-,55-,56-,57-,58-,59-,62+,71-/m0/s1. The molecule has 9 rings (SSSR count). The van der Waals surface area contributed by atoms with E-state index in [4.69, 9.17) is 5.73 Å². The molecule has 0 radical (unpaired) electrons. The fourth-order valence-electron chi connectivity index (χ4n) is 12.5. The van der Waals surface area contributed by atoms with Gasteiger partial charge in [-0.1, -0.05) is 50.2 Å². The minimum atomic E-state index is -2.02. The summed E-state index contributed by atoms with van der Waals surface area (Å²) in [6.45, 7) is 5.65. The van der Waals surface area contributed by atoms with Gasteiger partial charge in [0.15, 0.2) is 0 Å². The van der Waals surface area contributed by atoms with Gasteiger partial charge in [0.25, 0.3) is 0 Å². The molecule has 8 atom stereocenters. The minimum absolute atomic E-state index is 0.0495. The Bertz CT molecular complexity index is 4100. The predicted molar refractivity (Wildman–Crippen MR) is 377 cm³/mol. The van der Waals surface area contributed by atoms with Crippen LogP contribution in [0.25, 0.3) is 21.8 Å². The molecule has 0 saturated carbocycles. The second-order valence-electron chi connectivity index (χ2n) is 25.9. The summed E-state index contributed by atoms with van der Waals surface area (Å²) in [6, 6.07) is 10.6. The van der Waals surface area contributed by atoms with Crippen molar-refractivity contribution in [1.29, 1.82) is 0 Å². The average molecular weight is 1430 g/mol. The van der Waals surface area contributed by atoms with Gasteiger partial charge in [-0.25, -0.2) is 13.8 Å². The number of nitrogens with two attached hydrogens (primary N) is 1. The van der Waals surface area contributed by atoms with Crippen LogP contribution in [0.1, 0.15) is 99.2 Å². The Kier molecular flexibility index (Phi) is 26.5. The number of nitrogens with zero attached hydrogens (tertiary/aromatic N) is 2. The Morgan fingerprint density at radius 2 is 1.22 bits per heavy atom. The number of thioether (sulfide) groups is 2. The molecule has 15 N–H and O–H groups in total. The number of phenols is 1. The quantitative estimate of drug-likeness (QED) is 0.0635. The van der Waals surface area contributed by atoms with Crippen molar-refractivity contribution in [3.8, 4) is 5.75 Å². The molecule has 2 bridgehead atoms. The molecule has 30 heteroatoms. The monoisotopic (exact) mass is 1430 g/mol. The summed E-state index contributed by atoms with van der Waals surface area (Å²) in [5.74, 6) is -8.92. The molecule has 2 aliphatic heterocycles. The lowest BCUT2D eigenvalue weighted by Crippen LogP contribution is -2.62. The third-order valence-corrected chi connectivity index (χ3v) is 20.0. The highest BCUT2D eigenvalue weighted by Gasteiger charge is 2.48. The normalized spacial score (nSPS) is 22.8. The molecule has 5 heterocycles. The maximum Gasteiger partial charge on any atom is 0.305 e. The molecule has 9 amide bonds. The van der Waals surface area contributed by atoms with Crippen LogP contribution < -0.4 is 48.3 Å². The second-order valence-corrected chi connectivity index (χ2v) is 28.1. The molecule has 0 spiro atoms. The number of nitrogens with one attached hydrogen (secondary N) is 11. The van der Waals surface area contributed by atoms with E-state index in [1.54, 1.807) is 44.7 Å². The highest BCUT2D eigenvalue weighted by atomic mass is 32.2. The average Bonchev–Trinajstić information content (AvgIpc) is 1.69. The summed E-state index contributed by atoms with van der Waals surface area (Å²) < 4.78 is 30.0. The number of rotatable bonds is 15. The SMILES string of the molecule is CC(C)[C@H]1NC(=O)[C@H](CCCCN)NC(=O)CCSCc2cccc(c2)CSCCNC(=O)[C@]2(C)CCCN2C(=O)[C@H](Cc2ccc(O)cc2)NC(=O)[C@H](Cc2cnc[nH]2)NC(=O)[C@H](CC(=O)O)NC(=O)[C@H](Cc2c[nH]c3ccc(F)cc23)NC(=O)[C@H](Cc2c[nH]c3ccc(F)cc23)NC1=O. The van der Waals surface area contributed by atoms with Crippen molar-refractivity contribution in [3.63, 3.8) is 0 Å². The van der Waals surface area contributed by atoms with Gasteiger partial charge in [0.2, 0.25) is 53.2 Å². The number of hydrogen-bond donors (Lipinski definition) is 14. The van der Waals surface area contributed by atoms with Gasteiger partial charge in [0, 0.05) is 114 Å². The number of carboxylic acid groups (broad SMARTS) is 1.